The van der Waals surface area contributed by atoms with E-state index in [0.717, 1.165) is 36.3 Å². The van der Waals surface area contributed by atoms with Crippen molar-refractivity contribution in [1.82, 2.24) is 15.1 Å². The summed E-state index contributed by atoms with van der Waals surface area (Å²) in [7, 11) is 3.23. The monoisotopic (exact) mass is 535 g/mol. The van der Waals surface area contributed by atoms with Crippen molar-refractivity contribution in [3.05, 3.63) is 71.5 Å². The van der Waals surface area contributed by atoms with Crippen molar-refractivity contribution in [3.63, 3.8) is 0 Å². The molecule has 2 aromatic carbocycles. The fourth-order valence-electron chi connectivity index (χ4n) is 3.16. The highest BCUT2D eigenvalue weighted by Gasteiger charge is 2.07. The molecular weight excluding hydrogens is 505 g/mol. The van der Waals surface area contributed by atoms with Gasteiger partial charge >= 0.3 is 0 Å². The quantitative estimate of drug-likeness (QED) is 0.188. The molecule has 3 rings (SSSR count). The maximum Gasteiger partial charge on any atom is 0.188 e. The Bertz CT molecular complexity index is 989. The van der Waals surface area contributed by atoms with Gasteiger partial charge in [0.15, 0.2) is 17.5 Å². The van der Waals surface area contributed by atoms with Crippen molar-refractivity contribution in [3.8, 4) is 17.2 Å². The average Bonchev–Trinajstić information content (AvgIpc) is 3.16. The van der Waals surface area contributed by atoms with Crippen molar-refractivity contribution < 1.29 is 9.47 Å². The van der Waals surface area contributed by atoms with Crippen molar-refractivity contribution in [2.45, 2.75) is 26.3 Å². The molecule has 0 saturated carbocycles. The molecule has 0 aliphatic rings. The molecule has 0 atom stereocenters. The van der Waals surface area contributed by atoms with Gasteiger partial charge in [0.25, 0.3) is 0 Å². The number of hydrogen-bond donors (Lipinski definition) is 2. The van der Waals surface area contributed by atoms with Crippen LogP contribution in [0.3, 0.4) is 0 Å². The van der Waals surface area contributed by atoms with Crippen molar-refractivity contribution in [2.24, 2.45) is 10.7 Å². The topological polar surface area (TPSA) is 86.7 Å². The smallest absolute Gasteiger partial charge is 0.188 e. The fraction of sp³-hybridized carbons (Fsp3) is 0.304. The summed E-state index contributed by atoms with van der Waals surface area (Å²) in [6.45, 7) is 3.26. The molecule has 0 amide bonds. The van der Waals surface area contributed by atoms with E-state index < -0.39 is 0 Å². The molecule has 0 spiro atoms. The zero-order valence-corrected chi connectivity index (χ0v) is 20.5. The van der Waals surface area contributed by atoms with Crippen LogP contribution in [0.15, 0.2) is 59.7 Å². The van der Waals surface area contributed by atoms with Gasteiger partial charge in [-0.15, -0.1) is 24.0 Å². The first kappa shape index (κ1) is 24.5. The van der Waals surface area contributed by atoms with Crippen LogP contribution in [0.2, 0.25) is 0 Å². The Balaban J connectivity index is 0.00000341. The number of hydrogen-bond acceptors (Lipinski definition) is 4. The molecule has 3 aromatic rings. The summed E-state index contributed by atoms with van der Waals surface area (Å²) in [6.07, 6.45) is 3.96. The van der Waals surface area contributed by atoms with Crippen LogP contribution in [0.1, 0.15) is 23.2 Å². The number of ether oxygens (including phenoxy) is 2. The SMILES string of the molecule is COc1ccc(CN=C(N)NCCCc2cn(-c3ccccc3)nc2C)cc1OC.I. The van der Waals surface area contributed by atoms with E-state index in [-0.39, 0.29) is 24.0 Å². The van der Waals surface area contributed by atoms with Crippen LogP contribution in [0.25, 0.3) is 5.69 Å². The number of guanidine groups is 1. The largest absolute Gasteiger partial charge is 0.493 e. The molecule has 1 aromatic heterocycles. The summed E-state index contributed by atoms with van der Waals surface area (Å²) in [5.41, 5.74) is 10.4. The molecule has 31 heavy (non-hydrogen) atoms. The minimum atomic E-state index is 0. The van der Waals surface area contributed by atoms with Gasteiger partial charge in [-0.25, -0.2) is 9.67 Å². The minimum Gasteiger partial charge on any atom is -0.493 e. The lowest BCUT2D eigenvalue weighted by atomic mass is 10.1. The average molecular weight is 535 g/mol. The Morgan fingerprint density at radius 3 is 2.55 bits per heavy atom. The number of nitrogens with one attached hydrogen (secondary N) is 1. The van der Waals surface area contributed by atoms with Crippen molar-refractivity contribution in [2.75, 3.05) is 20.8 Å². The van der Waals surface area contributed by atoms with Crippen LogP contribution < -0.4 is 20.5 Å². The van der Waals surface area contributed by atoms with E-state index in [0.29, 0.717) is 24.0 Å². The molecule has 7 nitrogen and oxygen atoms in total. The number of nitrogens with two attached hydrogens (primary N) is 1. The highest BCUT2D eigenvalue weighted by atomic mass is 127. The third-order valence-electron chi connectivity index (χ3n) is 4.83. The van der Waals surface area contributed by atoms with Gasteiger partial charge < -0.3 is 20.5 Å². The third kappa shape index (κ3) is 6.88. The molecule has 0 saturated heterocycles. The second-order valence-electron chi connectivity index (χ2n) is 6.94. The van der Waals surface area contributed by atoms with Gasteiger partial charge in [0, 0.05) is 12.7 Å². The van der Waals surface area contributed by atoms with Crippen LogP contribution in [0.5, 0.6) is 11.5 Å². The molecule has 3 N–H and O–H groups in total. The lowest BCUT2D eigenvalue weighted by molar-refractivity contribution is 0.354. The van der Waals surface area contributed by atoms with E-state index in [1.54, 1.807) is 14.2 Å². The number of rotatable bonds is 9. The van der Waals surface area contributed by atoms with E-state index in [4.69, 9.17) is 15.2 Å². The molecule has 1 heterocycles. The molecular formula is C23H30IN5O2. The first-order valence-corrected chi connectivity index (χ1v) is 9.96. The zero-order chi connectivity index (χ0) is 21.3. The van der Waals surface area contributed by atoms with Crippen LogP contribution in [0, 0.1) is 6.92 Å². The van der Waals surface area contributed by atoms with E-state index >= 15 is 0 Å². The summed E-state index contributed by atoms with van der Waals surface area (Å²) in [6, 6.07) is 15.9. The number of aromatic nitrogens is 2. The lowest BCUT2D eigenvalue weighted by Gasteiger charge is -2.09. The third-order valence-corrected chi connectivity index (χ3v) is 4.83. The number of methoxy groups -OCH3 is 2. The first-order valence-electron chi connectivity index (χ1n) is 9.96. The standard InChI is InChI=1S/C23H29N5O2.HI/c1-17-19(16-28(27-17)20-9-5-4-6-10-20)8-7-13-25-23(24)26-15-18-11-12-21(29-2)22(14-18)30-3;/h4-6,9-12,14,16H,7-8,13,15H2,1-3H3,(H3,24,25,26);1H. The van der Waals surface area contributed by atoms with Gasteiger partial charge in [0.1, 0.15) is 0 Å². The fourth-order valence-corrected chi connectivity index (χ4v) is 3.16. The Kier molecular flexibility index (Phi) is 9.64. The van der Waals surface area contributed by atoms with Gasteiger partial charge in [0.2, 0.25) is 0 Å². The molecule has 166 valence electrons. The maximum atomic E-state index is 6.00. The van der Waals surface area contributed by atoms with Crippen molar-refractivity contribution >= 4 is 29.9 Å². The van der Waals surface area contributed by atoms with E-state index in [1.165, 1.54) is 5.56 Å². The molecule has 0 bridgehead atoms. The van der Waals surface area contributed by atoms with Gasteiger partial charge in [-0.3, -0.25) is 0 Å². The Labute approximate surface area is 200 Å². The molecule has 0 radical (unpaired) electrons. The summed E-state index contributed by atoms with van der Waals surface area (Å²) < 4.78 is 12.5. The Hall–Kier alpha value is -2.75. The Morgan fingerprint density at radius 2 is 1.84 bits per heavy atom. The van der Waals surface area contributed by atoms with Gasteiger partial charge in [-0.2, -0.15) is 5.10 Å². The number of aryl methyl sites for hydroxylation is 2. The van der Waals surface area contributed by atoms with Crippen molar-refractivity contribution in [1.29, 1.82) is 0 Å². The number of nitrogens with zero attached hydrogens (tertiary/aromatic N) is 3. The number of para-hydroxylation sites is 1. The predicted molar refractivity (Wildman–Crippen MR) is 135 cm³/mol. The molecule has 0 unspecified atom stereocenters. The van der Waals surface area contributed by atoms with Crippen LogP contribution in [-0.4, -0.2) is 36.5 Å². The number of benzene rings is 2. The zero-order valence-electron chi connectivity index (χ0n) is 18.2. The highest BCUT2D eigenvalue weighted by Crippen LogP contribution is 2.27. The second kappa shape index (κ2) is 12.2. The Morgan fingerprint density at radius 1 is 1.10 bits per heavy atom. The molecule has 0 aliphatic heterocycles. The van der Waals surface area contributed by atoms with E-state index in [2.05, 4.69) is 21.6 Å². The maximum absolute atomic E-state index is 6.00. The molecule has 8 heteroatoms. The van der Waals surface area contributed by atoms with Gasteiger partial charge in [0.05, 0.1) is 32.1 Å². The molecule has 0 fully saturated rings. The van der Waals surface area contributed by atoms with Crippen LogP contribution >= 0.6 is 24.0 Å². The van der Waals surface area contributed by atoms with Crippen LogP contribution in [0.4, 0.5) is 0 Å². The predicted octanol–water partition coefficient (Wildman–Crippen LogP) is 3.85. The first-order chi connectivity index (χ1) is 14.6. The van der Waals surface area contributed by atoms with E-state index in [1.807, 2.05) is 60.1 Å². The highest BCUT2D eigenvalue weighted by molar-refractivity contribution is 14.0. The lowest BCUT2D eigenvalue weighted by Crippen LogP contribution is -2.32. The summed E-state index contributed by atoms with van der Waals surface area (Å²) >= 11 is 0. The van der Waals surface area contributed by atoms with Gasteiger partial charge in [-0.1, -0.05) is 24.3 Å². The minimum absolute atomic E-state index is 0. The summed E-state index contributed by atoms with van der Waals surface area (Å²) in [5.74, 6) is 1.81. The van der Waals surface area contributed by atoms with E-state index in [9.17, 15) is 0 Å². The second-order valence-corrected chi connectivity index (χ2v) is 6.94. The normalized spacial score (nSPS) is 11.0. The number of aliphatic imine (C=N–C) groups is 1. The summed E-state index contributed by atoms with van der Waals surface area (Å²) in [5, 5.41) is 7.79. The van der Waals surface area contributed by atoms with Crippen LogP contribution in [-0.2, 0) is 13.0 Å². The molecule has 0 aliphatic carbocycles. The summed E-state index contributed by atoms with van der Waals surface area (Å²) in [4.78, 5) is 4.40. The number of halogens is 1. The van der Waals surface area contributed by atoms with Gasteiger partial charge in [-0.05, 0) is 55.2 Å².